The number of nitrogens with zero attached hydrogens (tertiary/aromatic N) is 1. The van der Waals surface area contributed by atoms with Crippen LogP contribution in [0, 0.1) is 6.92 Å². The number of aromatic nitrogens is 1. The summed E-state index contributed by atoms with van der Waals surface area (Å²) >= 11 is 11.9. The summed E-state index contributed by atoms with van der Waals surface area (Å²) in [6.45, 7) is 1.92. The summed E-state index contributed by atoms with van der Waals surface area (Å²) in [5, 5.41) is 4.54. The maximum absolute atomic E-state index is 5.99. The predicted octanol–water partition coefficient (Wildman–Crippen LogP) is 3.54. The van der Waals surface area contributed by atoms with Gasteiger partial charge in [0.15, 0.2) is 11.6 Å². The molecule has 0 amide bonds. The highest BCUT2D eigenvalue weighted by molar-refractivity contribution is 6.35. The van der Waals surface area contributed by atoms with E-state index in [0.29, 0.717) is 15.8 Å². The van der Waals surface area contributed by atoms with E-state index in [1.54, 1.807) is 6.07 Å². The fourth-order valence-electron chi connectivity index (χ4n) is 1.20. The third kappa shape index (κ3) is 1.80. The summed E-state index contributed by atoms with van der Waals surface area (Å²) < 4.78 is 5.01. The van der Waals surface area contributed by atoms with Crippen LogP contribution >= 0.6 is 23.2 Å². The van der Waals surface area contributed by atoms with E-state index in [2.05, 4.69) is 5.16 Å². The zero-order chi connectivity index (χ0) is 11.0. The Hall–Kier alpha value is -1.19. The molecule has 0 aliphatic carbocycles. The summed E-state index contributed by atoms with van der Waals surface area (Å²) in [7, 11) is 0. The van der Waals surface area contributed by atoms with Crippen molar-refractivity contribution in [3.05, 3.63) is 33.8 Å². The smallest absolute Gasteiger partial charge is 0.187 e. The van der Waals surface area contributed by atoms with Crippen LogP contribution in [-0.2, 0) is 0 Å². The lowest BCUT2D eigenvalue weighted by molar-refractivity contribution is 0.436. The molecule has 0 aliphatic rings. The van der Waals surface area contributed by atoms with Crippen molar-refractivity contribution in [2.24, 2.45) is 0 Å². The van der Waals surface area contributed by atoms with E-state index in [0.717, 1.165) is 11.1 Å². The van der Waals surface area contributed by atoms with Crippen molar-refractivity contribution < 1.29 is 4.52 Å². The van der Waals surface area contributed by atoms with Gasteiger partial charge in [0, 0.05) is 10.6 Å². The minimum absolute atomic E-state index is 0.184. The van der Waals surface area contributed by atoms with Gasteiger partial charge in [-0.05, 0) is 18.6 Å². The standard InChI is InChI=1S/C10H8Cl2N2O/c1-5-2-3-6(4-7(5)11)9-8(12)10(13)14-15-9/h2-4H,1H3,(H2,13,14). The third-order valence-electron chi connectivity index (χ3n) is 2.09. The van der Waals surface area contributed by atoms with E-state index in [4.69, 9.17) is 33.5 Å². The van der Waals surface area contributed by atoms with Crippen LogP contribution in [0.3, 0.4) is 0 Å². The molecule has 0 saturated heterocycles. The lowest BCUT2D eigenvalue weighted by atomic mass is 10.1. The number of rotatable bonds is 1. The van der Waals surface area contributed by atoms with Crippen molar-refractivity contribution in [1.82, 2.24) is 5.16 Å². The largest absolute Gasteiger partial charge is 0.380 e. The molecular weight excluding hydrogens is 235 g/mol. The van der Waals surface area contributed by atoms with Gasteiger partial charge in [0.25, 0.3) is 0 Å². The zero-order valence-corrected chi connectivity index (χ0v) is 9.43. The van der Waals surface area contributed by atoms with Gasteiger partial charge in [0.2, 0.25) is 0 Å². The Kier molecular flexibility index (Phi) is 2.59. The van der Waals surface area contributed by atoms with E-state index in [9.17, 15) is 0 Å². The number of hydrogen-bond acceptors (Lipinski definition) is 3. The molecule has 78 valence electrons. The average Bonchev–Trinajstić information content (AvgIpc) is 2.53. The van der Waals surface area contributed by atoms with E-state index in [-0.39, 0.29) is 5.82 Å². The van der Waals surface area contributed by atoms with Crippen LogP contribution in [0.25, 0.3) is 11.3 Å². The SMILES string of the molecule is Cc1ccc(-c2onc(N)c2Cl)cc1Cl. The molecule has 3 nitrogen and oxygen atoms in total. The number of benzene rings is 1. The minimum atomic E-state index is 0.184. The van der Waals surface area contributed by atoms with Crippen LogP contribution in [0.1, 0.15) is 5.56 Å². The van der Waals surface area contributed by atoms with E-state index >= 15 is 0 Å². The van der Waals surface area contributed by atoms with Crippen LogP contribution in [0.5, 0.6) is 0 Å². The van der Waals surface area contributed by atoms with Crippen LogP contribution in [0.15, 0.2) is 22.7 Å². The molecule has 0 spiro atoms. The van der Waals surface area contributed by atoms with Crippen LogP contribution < -0.4 is 5.73 Å². The summed E-state index contributed by atoms with van der Waals surface area (Å²) in [5.74, 6) is 0.624. The first-order valence-electron chi connectivity index (χ1n) is 4.26. The topological polar surface area (TPSA) is 52.0 Å². The summed E-state index contributed by atoms with van der Waals surface area (Å²) in [6.07, 6.45) is 0. The Morgan fingerprint density at radius 1 is 1.33 bits per heavy atom. The van der Waals surface area contributed by atoms with Gasteiger partial charge in [0.1, 0.15) is 5.02 Å². The number of nitrogen functional groups attached to an aromatic ring is 1. The maximum Gasteiger partial charge on any atom is 0.187 e. The minimum Gasteiger partial charge on any atom is -0.380 e. The lowest BCUT2D eigenvalue weighted by Crippen LogP contribution is -1.83. The molecule has 5 heteroatoms. The van der Waals surface area contributed by atoms with Crippen molar-refractivity contribution in [2.75, 3.05) is 5.73 Å². The summed E-state index contributed by atoms with van der Waals surface area (Å²) in [4.78, 5) is 0. The van der Waals surface area contributed by atoms with Crippen LogP contribution in [0.4, 0.5) is 5.82 Å². The fourth-order valence-corrected chi connectivity index (χ4v) is 1.56. The summed E-state index contributed by atoms with van der Waals surface area (Å²) in [5.41, 5.74) is 7.23. The van der Waals surface area contributed by atoms with E-state index in [1.807, 2.05) is 19.1 Å². The van der Waals surface area contributed by atoms with Crippen molar-refractivity contribution >= 4 is 29.0 Å². The molecular formula is C10H8Cl2N2O. The fraction of sp³-hybridized carbons (Fsp3) is 0.100. The molecule has 0 fully saturated rings. The number of hydrogen-bond donors (Lipinski definition) is 1. The number of nitrogens with two attached hydrogens (primary N) is 1. The maximum atomic E-state index is 5.99. The molecule has 15 heavy (non-hydrogen) atoms. The van der Waals surface area contributed by atoms with Gasteiger partial charge in [-0.1, -0.05) is 40.5 Å². The van der Waals surface area contributed by atoms with Gasteiger partial charge >= 0.3 is 0 Å². The molecule has 0 bridgehead atoms. The van der Waals surface area contributed by atoms with E-state index in [1.165, 1.54) is 0 Å². The van der Waals surface area contributed by atoms with Gasteiger partial charge in [-0.3, -0.25) is 0 Å². The lowest BCUT2D eigenvalue weighted by Gasteiger charge is -2.00. The van der Waals surface area contributed by atoms with Gasteiger partial charge < -0.3 is 10.3 Å². The van der Waals surface area contributed by atoms with Crippen LogP contribution in [0.2, 0.25) is 10.0 Å². The first-order valence-corrected chi connectivity index (χ1v) is 5.02. The van der Waals surface area contributed by atoms with Gasteiger partial charge in [-0.15, -0.1) is 0 Å². The van der Waals surface area contributed by atoms with Gasteiger partial charge in [-0.2, -0.15) is 0 Å². The Balaban J connectivity index is 2.55. The first-order chi connectivity index (χ1) is 7.09. The molecule has 0 aliphatic heterocycles. The monoisotopic (exact) mass is 242 g/mol. The first kappa shape index (κ1) is 10.3. The molecule has 1 heterocycles. The normalized spacial score (nSPS) is 10.6. The van der Waals surface area contributed by atoms with Gasteiger partial charge in [-0.25, -0.2) is 0 Å². The Bertz CT molecular complexity index is 508. The Morgan fingerprint density at radius 2 is 2.07 bits per heavy atom. The number of aryl methyl sites for hydroxylation is 1. The van der Waals surface area contributed by atoms with E-state index < -0.39 is 0 Å². The summed E-state index contributed by atoms with van der Waals surface area (Å²) in [6, 6.07) is 5.50. The van der Waals surface area contributed by atoms with Crippen molar-refractivity contribution in [1.29, 1.82) is 0 Å². The molecule has 1 aromatic heterocycles. The molecule has 0 unspecified atom stereocenters. The predicted molar refractivity (Wildman–Crippen MR) is 61.1 cm³/mol. The molecule has 0 radical (unpaired) electrons. The molecule has 2 N–H and O–H groups in total. The molecule has 1 aromatic carbocycles. The third-order valence-corrected chi connectivity index (χ3v) is 2.87. The second-order valence-corrected chi connectivity index (χ2v) is 3.96. The van der Waals surface area contributed by atoms with Crippen LogP contribution in [-0.4, -0.2) is 5.16 Å². The zero-order valence-electron chi connectivity index (χ0n) is 7.92. The quantitative estimate of drug-likeness (QED) is 0.833. The number of halogens is 2. The highest BCUT2D eigenvalue weighted by Crippen LogP contribution is 2.33. The Labute approximate surface area is 96.8 Å². The molecule has 0 saturated carbocycles. The average molecular weight is 243 g/mol. The molecule has 2 rings (SSSR count). The van der Waals surface area contributed by atoms with Crippen molar-refractivity contribution in [3.63, 3.8) is 0 Å². The molecule has 0 atom stereocenters. The second kappa shape index (κ2) is 3.76. The second-order valence-electron chi connectivity index (χ2n) is 3.17. The van der Waals surface area contributed by atoms with Crippen molar-refractivity contribution in [2.45, 2.75) is 6.92 Å². The Morgan fingerprint density at radius 3 is 2.60 bits per heavy atom. The van der Waals surface area contributed by atoms with Crippen molar-refractivity contribution in [3.8, 4) is 11.3 Å². The van der Waals surface area contributed by atoms with Gasteiger partial charge in [0.05, 0.1) is 0 Å². The highest BCUT2D eigenvalue weighted by Gasteiger charge is 2.13. The number of anilines is 1. The molecule has 2 aromatic rings. The highest BCUT2D eigenvalue weighted by atomic mass is 35.5.